The molecule has 1 aliphatic rings. The molecule has 0 aromatic carbocycles. The molecule has 0 bridgehead atoms. The zero-order valence-electron chi connectivity index (χ0n) is 9.44. The minimum atomic E-state index is -3.06. The fourth-order valence-electron chi connectivity index (χ4n) is 1.55. The first-order valence-electron chi connectivity index (χ1n) is 5.26. The lowest BCUT2D eigenvalue weighted by atomic mass is 10.2. The van der Waals surface area contributed by atoms with Crippen LogP contribution in [0.25, 0.3) is 0 Å². The molecule has 1 aliphatic heterocycles. The highest BCUT2D eigenvalue weighted by Crippen LogP contribution is 2.14. The third-order valence-corrected chi connectivity index (χ3v) is 3.68. The zero-order valence-corrected chi connectivity index (χ0v) is 10.3. The molecule has 4 heteroatoms. The van der Waals surface area contributed by atoms with Gasteiger partial charge in [-0.05, 0) is 19.3 Å². The van der Waals surface area contributed by atoms with Crippen molar-refractivity contribution in [2.24, 2.45) is 0 Å². The van der Waals surface area contributed by atoms with Crippen LogP contribution >= 0.6 is 0 Å². The van der Waals surface area contributed by atoms with Crippen LogP contribution in [0.2, 0.25) is 0 Å². The van der Waals surface area contributed by atoms with Crippen LogP contribution in [-0.4, -0.2) is 33.2 Å². The molecule has 0 atom stereocenters. The van der Waals surface area contributed by atoms with Crippen molar-refractivity contribution in [3.05, 3.63) is 23.3 Å². The van der Waals surface area contributed by atoms with Crippen molar-refractivity contribution in [2.75, 3.05) is 19.8 Å². The van der Waals surface area contributed by atoms with E-state index in [1.54, 1.807) is 6.20 Å². The topological polar surface area (TPSA) is 37.4 Å². The van der Waals surface area contributed by atoms with Gasteiger partial charge in [0.25, 0.3) is 0 Å². The van der Waals surface area contributed by atoms with Gasteiger partial charge in [-0.3, -0.25) is 0 Å². The maximum Gasteiger partial charge on any atom is 0.173 e. The summed E-state index contributed by atoms with van der Waals surface area (Å²) < 4.78 is 22.9. The maximum absolute atomic E-state index is 11.5. The Morgan fingerprint density at radius 1 is 1.27 bits per heavy atom. The van der Waals surface area contributed by atoms with E-state index in [0.717, 1.165) is 19.4 Å². The Hall–Kier alpha value is -0.770. The lowest BCUT2D eigenvalue weighted by Gasteiger charge is -2.16. The van der Waals surface area contributed by atoms with E-state index in [-0.39, 0.29) is 0 Å². The molecule has 0 radical (unpaired) electrons. The SMILES string of the molecule is CN1/C=C(/S(C)(=O)=O)C/C=C/CCCC1. The molecular formula is C11H19NO2S. The highest BCUT2D eigenvalue weighted by Gasteiger charge is 2.11. The Bertz CT molecular complexity index is 355. The summed E-state index contributed by atoms with van der Waals surface area (Å²) in [5, 5.41) is 0. The molecule has 1 heterocycles. The quantitative estimate of drug-likeness (QED) is 0.645. The molecule has 0 aromatic rings. The smallest absolute Gasteiger partial charge is 0.173 e. The second-order valence-corrected chi connectivity index (χ2v) is 6.09. The summed E-state index contributed by atoms with van der Waals surface area (Å²) in [7, 11) is -1.13. The van der Waals surface area contributed by atoms with Gasteiger partial charge in [-0.1, -0.05) is 12.2 Å². The predicted octanol–water partition coefficient (Wildman–Crippen LogP) is 1.93. The summed E-state index contributed by atoms with van der Waals surface area (Å²) >= 11 is 0. The molecule has 0 spiro atoms. The van der Waals surface area contributed by atoms with E-state index in [4.69, 9.17) is 0 Å². The van der Waals surface area contributed by atoms with Crippen LogP contribution in [0.3, 0.4) is 0 Å². The number of allylic oxidation sites excluding steroid dienone is 3. The minimum absolute atomic E-state index is 0.503. The third kappa shape index (κ3) is 4.51. The molecule has 0 aliphatic carbocycles. The van der Waals surface area contributed by atoms with E-state index in [9.17, 15) is 8.42 Å². The van der Waals surface area contributed by atoms with Crippen LogP contribution < -0.4 is 0 Å². The average molecular weight is 229 g/mol. The van der Waals surface area contributed by atoms with Gasteiger partial charge in [0.2, 0.25) is 0 Å². The number of hydrogen-bond acceptors (Lipinski definition) is 3. The van der Waals surface area contributed by atoms with Crippen LogP contribution in [0.5, 0.6) is 0 Å². The molecule has 0 unspecified atom stereocenters. The third-order valence-electron chi connectivity index (χ3n) is 2.46. The van der Waals surface area contributed by atoms with E-state index in [0.29, 0.717) is 11.3 Å². The molecule has 1 rings (SSSR count). The summed E-state index contributed by atoms with van der Waals surface area (Å²) in [5.41, 5.74) is 0. The Morgan fingerprint density at radius 3 is 2.67 bits per heavy atom. The van der Waals surface area contributed by atoms with E-state index in [1.807, 2.05) is 18.0 Å². The second-order valence-electron chi connectivity index (χ2n) is 4.02. The summed E-state index contributed by atoms with van der Waals surface area (Å²) in [6, 6.07) is 0. The summed E-state index contributed by atoms with van der Waals surface area (Å²) in [6.45, 7) is 0.923. The number of rotatable bonds is 1. The van der Waals surface area contributed by atoms with E-state index >= 15 is 0 Å². The molecule has 86 valence electrons. The summed E-state index contributed by atoms with van der Waals surface area (Å²) in [5.74, 6) is 0. The molecule has 0 amide bonds. The normalized spacial score (nSPS) is 25.5. The predicted molar refractivity (Wildman–Crippen MR) is 63.2 cm³/mol. The van der Waals surface area contributed by atoms with Crippen molar-refractivity contribution >= 4 is 9.84 Å². The Morgan fingerprint density at radius 2 is 2.00 bits per heavy atom. The minimum Gasteiger partial charge on any atom is -0.380 e. The van der Waals surface area contributed by atoms with E-state index in [2.05, 4.69) is 6.08 Å². The Labute approximate surface area is 92.4 Å². The first-order chi connectivity index (χ1) is 7.00. The van der Waals surface area contributed by atoms with Crippen LogP contribution in [0.1, 0.15) is 25.7 Å². The molecule has 0 aromatic heterocycles. The van der Waals surface area contributed by atoms with Gasteiger partial charge in [-0.2, -0.15) is 0 Å². The summed E-state index contributed by atoms with van der Waals surface area (Å²) in [4.78, 5) is 2.47. The Balaban J connectivity index is 2.87. The highest BCUT2D eigenvalue weighted by molar-refractivity contribution is 7.94. The fraction of sp³-hybridized carbons (Fsp3) is 0.636. The van der Waals surface area contributed by atoms with Gasteiger partial charge in [0.15, 0.2) is 9.84 Å². The molecule has 0 fully saturated rings. The highest BCUT2D eigenvalue weighted by atomic mass is 32.2. The number of hydrogen-bond donors (Lipinski definition) is 0. The van der Waals surface area contributed by atoms with E-state index in [1.165, 1.54) is 12.7 Å². The van der Waals surface area contributed by atoms with Gasteiger partial charge in [-0.25, -0.2) is 8.42 Å². The molecule has 3 nitrogen and oxygen atoms in total. The molecule has 0 saturated carbocycles. The lowest BCUT2D eigenvalue weighted by molar-refractivity contribution is 0.434. The van der Waals surface area contributed by atoms with Crippen molar-refractivity contribution < 1.29 is 8.42 Å². The number of nitrogens with zero attached hydrogens (tertiary/aromatic N) is 1. The van der Waals surface area contributed by atoms with Crippen LogP contribution in [0.15, 0.2) is 23.3 Å². The van der Waals surface area contributed by atoms with Crippen molar-refractivity contribution in [3.8, 4) is 0 Å². The standard InChI is InChI=1S/C11H19NO2S/c1-12-9-7-5-3-4-6-8-11(10-12)15(2,13)14/h4,6,10H,3,5,7-9H2,1-2H3/b6-4+,11-10+. The maximum atomic E-state index is 11.5. The summed E-state index contributed by atoms with van der Waals surface area (Å²) in [6.07, 6.45) is 10.9. The number of sulfone groups is 1. The molecular weight excluding hydrogens is 210 g/mol. The van der Waals surface area contributed by atoms with Gasteiger partial charge < -0.3 is 4.90 Å². The van der Waals surface area contributed by atoms with Crippen LogP contribution in [0, 0.1) is 0 Å². The van der Waals surface area contributed by atoms with Gasteiger partial charge in [0, 0.05) is 32.5 Å². The van der Waals surface area contributed by atoms with Crippen molar-refractivity contribution in [1.82, 2.24) is 4.90 Å². The van der Waals surface area contributed by atoms with Gasteiger partial charge in [-0.15, -0.1) is 0 Å². The first-order valence-corrected chi connectivity index (χ1v) is 7.15. The molecule has 0 N–H and O–H groups in total. The second kappa shape index (κ2) is 5.35. The lowest BCUT2D eigenvalue weighted by Crippen LogP contribution is -2.15. The average Bonchev–Trinajstić information content (AvgIpc) is 2.13. The van der Waals surface area contributed by atoms with Crippen LogP contribution in [-0.2, 0) is 9.84 Å². The van der Waals surface area contributed by atoms with Gasteiger partial charge >= 0.3 is 0 Å². The first kappa shape index (κ1) is 12.3. The largest absolute Gasteiger partial charge is 0.380 e. The monoisotopic (exact) mass is 229 g/mol. The molecule has 0 saturated heterocycles. The van der Waals surface area contributed by atoms with Crippen molar-refractivity contribution in [3.63, 3.8) is 0 Å². The van der Waals surface area contributed by atoms with Gasteiger partial charge in [0.1, 0.15) is 0 Å². The van der Waals surface area contributed by atoms with Gasteiger partial charge in [0.05, 0.1) is 4.91 Å². The fourth-order valence-corrected chi connectivity index (χ4v) is 2.32. The van der Waals surface area contributed by atoms with Crippen molar-refractivity contribution in [2.45, 2.75) is 25.7 Å². The zero-order chi connectivity index (χ0) is 11.3. The molecule has 15 heavy (non-hydrogen) atoms. The van der Waals surface area contributed by atoms with E-state index < -0.39 is 9.84 Å². The Kier molecular flexibility index (Phi) is 4.39. The van der Waals surface area contributed by atoms with Crippen LogP contribution in [0.4, 0.5) is 0 Å². The van der Waals surface area contributed by atoms with Crippen molar-refractivity contribution in [1.29, 1.82) is 0 Å².